The van der Waals surface area contributed by atoms with Crippen LogP contribution < -0.4 is 0 Å². The van der Waals surface area contributed by atoms with E-state index >= 15 is 0 Å². The van der Waals surface area contributed by atoms with E-state index in [9.17, 15) is 8.42 Å². The molecule has 1 aliphatic heterocycles. The van der Waals surface area contributed by atoms with Gasteiger partial charge in [0.2, 0.25) is 10.0 Å². The fraction of sp³-hybridized carbons (Fsp3) is 1.00. The zero-order valence-electron chi connectivity index (χ0n) is 11.5. The van der Waals surface area contributed by atoms with Gasteiger partial charge in [0.25, 0.3) is 0 Å². The molecule has 1 N–H and O–H groups in total. The lowest BCUT2D eigenvalue weighted by Crippen LogP contribution is -2.43. The van der Waals surface area contributed by atoms with E-state index in [0.717, 1.165) is 38.9 Å². The maximum absolute atomic E-state index is 11.5. The number of rotatable bonds is 7. The van der Waals surface area contributed by atoms with Crippen molar-refractivity contribution in [1.82, 2.24) is 9.21 Å². The number of hydrogen-bond donors (Lipinski definition) is 1. The molecule has 0 bridgehead atoms. The van der Waals surface area contributed by atoms with Gasteiger partial charge in [0.15, 0.2) is 0 Å². The molecule has 1 fully saturated rings. The lowest BCUT2D eigenvalue weighted by molar-refractivity contribution is 0.171. The van der Waals surface area contributed by atoms with E-state index in [0.29, 0.717) is 19.0 Å². The van der Waals surface area contributed by atoms with E-state index in [1.54, 1.807) is 4.31 Å². The first-order valence-corrected chi connectivity index (χ1v) is 8.60. The van der Waals surface area contributed by atoms with Gasteiger partial charge in [-0.15, -0.1) is 0 Å². The van der Waals surface area contributed by atoms with Gasteiger partial charge in [0, 0.05) is 32.8 Å². The second-order valence-corrected chi connectivity index (χ2v) is 7.08. The Morgan fingerprint density at radius 2 is 2.17 bits per heavy atom. The molecule has 1 unspecified atom stereocenters. The minimum absolute atomic E-state index is 0.219. The molecule has 0 aromatic carbocycles. The summed E-state index contributed by atoms with van der Waals surface area (Å²) >= 11 is 0. The predicted octanol–water partition coefficient (Wildman–Crippen LogP) is 0.362. The number of sulfonamides is 1. The third kappa shape index (κ3) is 5.22. The van der Waals surface area contributed by atoms with Crippen molar-refractivity contribution in [3.63, 3.8) is 0 Å². The summed E-state index contributed by atoms with van der Waals surface area (Å²) in [7, 11) is -3.04. The third-order valence-electron chi connectivity index (χ3n) is 3.55. The number of hydrogen-bond acceptors (Lipinski definition) is 4. The summed E-state index contributed by atoms with van der Waals surface area (Å²) < 4.78 is 24.7. The van der Waals surface area contributed by atoms with Crippen LogP contribution in [0.5, 0.6) is 0 Å². The highest BCUT2D eigenvalue weighted by Gasteiger charge is 2.26. The summed E-state index contributed by atoms with van der Waals surface area (Å²) in [5.74, 6) is 0.423. The van der Waals surface area contributed by atoms with E-state index in [1.807, 2.05) is 0 Å². The quantitative estimate of drug-likeness (QED) is 0.730. The molecule has 0 radical (unpaired) electrons. The highest BCUT2D eigenvalue weighted by molar-refractivity contribution is 7.88. The van der Waals surface area contributed by atoms with E-state index in [2.05, 4.69) is 11.8 Å². The third-order valence-corrected chi connectivity index (χ3v) is 4.82. The second-order valence-electron chi connectivity index (χ2n) is 5.10. The van der Waals surface area contributed by atoms with E-state index < -0.39 is 10.0 Å². The highest BCUT2D eigenvalue weighted by Crippen LogP contribution is 2.19. The van der Waals surface area contributed by atoms with Crippen molar-refractivity contribution in [2.45, 2.75) is 26.2 Å². The van der Waals surface area contributed by atoms with Crippen molar-refractivity contribution in [2.24, 2.45) is 5.92 Å². The average Bonchev–Trinajstić information content (AvgIpc) is 2.33. The molecule has 0 aromatic heterocycles. The fourth-order valence-corrected chi connectivity index (χ4v) is 3.46. The lowest BCUT2D eigenvalue weighted by atomic mass is 9.99. The van der Waals surface area contributed by atoms with Crippen molar-refractivity contribution in [3.05, 3.63) is 0 Å². The zero-order valence-corrected chi connectivity index (χ0v) is 12.3. The van der Waals surface area contributed by atoms with Crippen LogP contribution in [0.2, 0.25) is 0 Å². The fourth-order valence-electron chi connectivity index (χ4n) is 2.52. The monoisotopic (exact) mass is 278 g/mol. The van der Waals surface area contributed by atoms with Gasteiger partial charge in [-0.25, -0.2) is 12.7 Å². The Balaban J connectivity index is 2.46. The molecule has 1 atom stereocenters. The van der Waals surface area contributed by atoms with E-state index in [-0.39, 0.29) is 6.61 Å². The normalized spacial score (nSPS) is 22.6. The average molecular weight is 278 g/mol. The van der Waals surface area contributed by atoms with Gasteiger partial charge in [-0.3, -0.25) is 0 Å². The SMILES string of the molecule is CCN(CCCO)CC1CCCN(S(C)(=O)=O)C1. The Morgan fingerprint density at radius 3 is 2.72 bits per heavy atom. The zero-order chi connectivity index (χ0) is 13.6. The minimum atomic E-state index is -3.04. The molecule has 0 spiro atoms. The summed E-state index contributed by atoms with van der Waals surface area (Å²) in [5.41, 5.74) is 0. The van der Waals surface area contributed by atoms with Gasteiger partial charge < -0.3 is 10.0 Å². The Morgan fingerprint density at radius 1 is 1.44 bits per heavy atom. The minimum Gasteiger partial charge on any atom is -0.396 e. The van der Waals surface area contributed by atoms with Crippen molar-refractivity contribution in [2.75, 3.05) is 45.6 Å². The summed E-state index contributed by atoms with van der Waals surface area (Å²) in [6.07, 6.45) is 4.13. The summed E-state index contributed by atoms with van der Waals surface area (Å²) in [6, 6.07) is 0. The standard InChI is InChI=1S/C12H26N2O3S/c1-3-13(7-5-9-15)10-12-6-4-8-14(11-12)18(2,16)17/h12,15H,3-11H2,1-2H3. The lowest BCUT2D eigenvalue weighted by Gasteiger charge is -2.34. The molecule has 1 rings (SSSR count). The first kappa shape index (κ1) is 15.9. The maximum atomic E-state index is 11.5. The molecule has 0 aliphatic carbocycles. The van der Waals surface area contributed by atoms with Crippen LogP contribution in [0.25, 0.3) is 0 Å². The van der Waals surface area contributed by atoms with Crippen LogP contribution in [-0.2, 0) is 10.0 Å². The number of piperidine rings is 1. The topological polar surface area (TPSA) is 60.9 Å². The highest BCUT2D eigenvalue weighted by atomic mass is 32.2. The Hall–Kier alpha value is -0.170. The molecule has 1 saturated heterocycles. The molecule has 1 aliphatic rings. The van der Waals surface area contributed by atoms with Crippen molar-refractivity contribution < 1.29 is 13.5 Å². The molecule has 1 heterocycles. The largest absolute Gasteiger partial charge is 0.396 e. The van der Waals surface area contributed by atoms with Gasteiger partial charge >= 0.3 is 0 Å². The second kappa shape index (κ2) is 7.43. The smallest absolute Gasteiger partial charge is 0.211 e. The van der Waals surface area contributed by atoms with Crippen LogP contribution >= 0.6 is 0 Å². The predicted molar refractivity (Wildman–Crippen MR) is 73.0 cm³/mol. The Bertz CT molecular complexity index is 332. The van der Waals surface area contributed by atoms with Gasteiger partial charge in [-0.2, -0.15) is 0 Å². The first-order valence-electron chi connectivity index (χ1n) is 6.75. The molecule has 0 aromatic rings. The summed E-state index contributed by atoms with van der Waals surface area (Å²) in [6.45, 7) is 6.41. The number of aliphatic hydroxyl groups excluding tert-OH is 1. The van der Waals surface area contributed by atoms with Gasteiger partial charge in [0.1, 0.15) is 0 Å². The van der Waals surface area contributed by atoms with Crippen LogP contribution in [0.4, 0.5) is 0 Å². The van der Waals surface area contributed by atoms with Crippen molar-refractivity contribution in [3.8, 4) is 0 Å². The Kier molecular flexibility index (Phi) is 6.55. The van der Waals surface area contributed by atoms with Crippen LogP contribution in [0.15, 0.2) is 0 Å². The summed E-state index contributed by atoms with van der Waals surface area (Å²) in [5, 5.41) is 8.85. The number of aliphatic hydroxyl groups is 1. The van der Waals surface area contributed by atoms with E-state index in [4.69, 9.17) is 5.11 Å². The van der Waals surface area contributed by atoms with Crippen molar-refractivity contribution >= 4 is 10.0 Å². The van der Waals surface area contributed by atoms with E-state index in [1.165, 1.54) is 6.26 Å². The summed E-state index contributed by atoms with van der Waals surface area (Å²) in [4.78, 5) is 2.30. The van der Waals surface area contributed by atoms with Crippen LogP contribution in [-0.4, -0.2) is 68.3 Å². The van der Waals surface area contributed by atoms with Crippen LogP contribution in [0, 0.1) is 5.92 Å². The van der Waals surface area contributed by atoms with Crippen molar-refractivity contribution in [1.29, 1.82) is 0 Å². The van der Waals surface area contributed by atoms with Crippen LogP contribution in [0.1, 0.15) is 26.2 Å². The molecule has 0 amide bonds. The first-order chi connectivity index (χ1) is 8.47. The Labute approximate surface area is 111 Å². The molecular weight excluding hydrogens is 252 g/mol. The molecule has 0 saturated carbocycles. The molecule has 5 nitrogen and oxygen atoms in total. The molecule has 18 heavy (non-hydrogen) atoms. The maximum Gasteiger partial charge on any atom is 0.211 e. The van der Waals surface area contributed by atoms with Gasteiger partial charge in [-0.1, -0.05) is 6.92 Å². The van der Waals surface area contributed by atoms with Gasteiger partial charge in [-0.05, 0) is 31.7 Å². The molecule has 6 heteroatoms. The van der Waals surface area contributed by atoms with Gasteiger partial charge in [0.05, 0.1) is 6.26 Å². The molecule has 108 valence electrons. The number of nitrogens with zero attached hydrogens (tertiary/aromatic N) is 2. The molecular formula is C12H26N2O3S. The van der Waals surface area contributed by atoms with Crippen LogP contribution in [0.3, 0.4) is 0 Å².